The van der Waals surface area contributed by atoms with E-state index in [2.05, 4.69) is 54.8 Å². The van der Waals surface area contributed by atoms with Crippen LogP contribution in [0.4, 0.5) is 0 Å². The molecule has 0 saturated heterocycles. The van der Waals surface area contributed by atoms with Crippen molar-refractivity contribution >= 4 is 59.1 Å². The van der Waals surface area contributed by atoms with Gasteiger partial charge in [-0.15, -0.1) is 0 Å². The maximum absolute atomic E-state index is 13.5. The van der Waals surface area contributed by atoms with E-state index in [1.165, 1.54) is 34.8 Å². The van der Waals surface area contributed by atoms with Crippen LogP contribution in [0.5, 0.6) is 0 Å². The summed E-state index contributed by atoms with van der Waals surface area (Å²) in [6, 6.07) is -3.93. The number of unbranched alkanes of at least 4 members (excludes halogenated alkanes) is 4. The molecule has 0 fully saturated rings. The highest BCUT2D eigenvalue weighted by atomic mass is 16.5. The van der Waals surface area contributed by atoms with Gasteiger partial charge in [0.1, 0.15) is 35.2 Å². The summed E-state index contributed by atoms with van der Waals surface area (Å²) >= 11 is 0. The lowest BCUT2D eigenvalue weighted by Gasteiger charge is -2.29. The summed E-state index contributed by atoms with van der Waals surface area (Å²) in [5.41, 5.74) is -3.05. The monoisotopic (exact) mass is 952 g/mol. The molecule has 0 aliphatic carbocycles. The van der Waals surface area contributed by atoms with E-state index < -0.39 is 108 Å². The van der Waals surface area contributed by atoms with Gasteiger partial charge in [0, 0.05) is 6.42 Å². The molecule has 0 aliphatic rings. The number of amides is 9. The molecule has 0 rings (SSSR count). The summed E-state index contributed by atoms with van der Waals surface area (Å²) in [6.45, 7) is 21.0. The van der Waals surface area contributed by atoms with E-state index in [9.17, 15) is 47.9 Å². The standard InChI is InChI=1S/C47H85N9O11/c1-15-17-18-19-20-21-35(57)51-32(22-28(3)4)40(61)55-46(10,11)44(65)49-25-36(58)48-26-37(59)52-33(23-29(5)6)41(62)56-47(12,13)45(66)50-27-38(60)54-39(31(9)16-2)42(63)53-34(24-30(7)8)43(64)67-14/h28-34,39H,15-27H2,1-14H3,(H,48,58)(H,49,65)(H,50,66)(H,51,57)(H,52,59)(H,53,63)(H,54,60)(H,55,61)(H,56,62)/t31-,32-,33-,34-,39-/m0/s1. The predicted molar refractivity (Wildman–Crippen MR) is 254 cm³/mol. The van der Waals surface area contributed by atoms with Crippen LogP contribution in [0.3, 0.4) is 0 Å². The van der Waals surface area contributed by atoms with Gasteiger partial charge < -0.3 is 52.6 Å². The van der Waals surface area contributed by atoms with Gasteiger partial charge in [0.15, 0.2) is 0 Å². The Labute approximate surface area is 398 Å². The maximum atomic E-state index is 13.5. The van der Waals surface area contributed by atoms with E-state index in [0.29, 0.717) is 32.1 Å². The van der Waals surface area contributed by atoms with Crippen molar-refractivity contribution < 1.29 is 52.7 Å². The predicted octanol–water partition coefficient (Wildman–Crippen LogP) is 1.78. The lowest BCUT2D eigenvalue weighted by atomic mass is 9.97. The largest absolute Gasteiger partial charge is 0.467 e. The van der Waals surface area contributed by atoms with Crippen LogP contribution in [0.15, 0.2) is 0 Å². The number of nitrogens with one attached hydrogen (secondary N) is 9. The minimum absolute atomic E-state index is 0.0627. The lowest BCUT2D eigenvalue weighted by Crippen LogP contribution is -2.61. The van der Waals surface area contributed by atoms with Crippen LogP contribution in [-0.4, -0.2) is 121 Å². The second-order valence-corrected chi connectivity index (χ2v) is 19.7. The van der Waals surface area contributed by atoms with Crippen molar-refractivity contribution in [2.24, 2.45) is 23.7 Å². The smallest absolute Gasteiger partial charge is 0.328 e. The van der Waals surface area contributed by atoms with Gasteiger partial charge in [0.2, 0.25) is 53.2 Å². The van der Waals surface area contributed by atoms with Crippen LogP contribution in [0.2, 0.25) is 0 Å². The molecule has 0 heterocycles. The quantitative estimate of drug-likeness (QED) is 0.0346. The number of hydrogen-bond acceptors (Lipinski definition) is 11. The van der Waals surface area contributed by atoms with Gasteiger partial charge in [0.05, 0.1) is 26.7 Å². The van der Waals surface area contributed by atoms with Crippen molar-refractivity contribution in [3.8, 4) is 0 Å². The number of carbonyl (C=O) groups is 10. The fourth-order valence-corrected chi connectivity index (χ4v) is 6.73. The molecular weight excluding hydrogens is 867 g/mol. The summed E-state index contributed by atoms with van der Waals surface area (Å²) in [6.07, 6.45) is 6.50. The lowest BCUT2D eigenvalue weighted by molar-refractivity contribution is -0.146. The number of ether oxygens (including phenoxy) is 1. The minimum atomic E-state index is -1.58. The molecular formula is C47H85N9O11. The summed E-state index contributed by atoms with van der Waals surface area (Å²) in [4.78, 5) is 130. The molecule has 20 heteroatoms. The minimum Gasteiger partial charge on any atom is -0.467 e. The normalized spacial score (nSPS) is 13.8. The van der Waals surface area contributed by atoms with Gasteiger partial charge in [-0.05, 0) is 77.0 Å². The molecule has 0 saturated carbocycles. The number of esters is 1. The van der Waals surface area contributed by atoms with E-state index in [-0.39, 0.29) is 36.0 Å². The fourth-order valence-electron chi connectivity index (χ4n) is 6.73. The van der Waals surface area contributed by atoms with Crippen molar-refractivity contribution in [1.29, 1.82) is 0 Å². The average molecular weight is 952 g/mol. The third-order valence-corrected chi connectivity index (χ3v) is 10.8. The van der Waals surface area contributed by atoms with Crippen molar-refractivity contribution in [3.63, 3.8) is 0 Å². The van der Waals surface area contributed by atoms with Gasteiger partial charge in [-0.1, -0.05) is 94.4 Å². The van der Waals surface area contributed by atoms with Gasteiger partial charge in [0.25, 0.3) is 0 Å². The highest BCUT2D eigenvalue weighted by Crippen LogP contribution is 2.14. The molecule has 67 heavy (non-hydrogen) atoms. The summed E-state index contributed by atoms with van der Waals surface area (Å²) in [5, 5.41) is 23.2. The van der Waals surface area contributed by atoms with Crippen molar-refractivity contribution in [2.75, 3.05) is 26.7 Å². The van der Waals surface area contributed by atoms with E-state index in [1.54, 1.807) is 6.92 Å². The van der Waals surface area contributed by atoms with Crippen LogP contribution in [0.25, 0.3) is 0 Å². The van der Waals surface area contributed by atoms with Crippen molar-refractivity contribution in [2.45, 2.75) is 189 Å². The van der Waals surface area contributed by atoms with Crippen LogP contribution < -0.4 is 47.9 Å². The first kappa shape index (κ1) is 61.7. The third-order valence-electron chi connectivity index (χ3n) is 10.8. The zero-order chi connectivity index (χ0) is 51.7. The molecule has 20 nitrogen and oxygen atoms in total. The zero-order valence-electron chi connectivity index (χ0n) is 42.8. The Kier molecular flexibility index (Phi) is 28.4. The molecule has 0 aliphatic heterocycles. The number of methoxy groups -OCH3 is 1. The van der Waals surface area contributed by atoms with E-state index in [4.69, 9.17) is 4.74 Å². The van der Waals surface area contributed by atoms with E-state index in [1.807, 2.05) is 48.5 Å². The molecule has 5 atom stereocenters. The zero-order valence-corrected chi connectivity index (χ0v) is 42.8. The second-order valence-electron chi connectivity index (χ2n) is 19.7. The Morgan fingerprint density at radius 1 is 0.478 bits per heavy atom. The SMILES string of the molecule is CCCCCCCC(=O)N[C@@H](CC(C)C)C(=O)NC(C)(C)C(=O)NCC(=O)NCC(=O)N[C@@H](CC(C)C)C(=O)NC(C)(C)C(=O)NCC(=O)N[C@H](C(=O)N[C@@H](CC(C)C)C(=O)OC)[C@@H](C)CC. The summed E-state index contributed by atoms with van der Waals surface area (Å²) in [7, 11) is 1.22. The second kappa shape index (κ2) is 30.9. The first-order valence-corrected chi connectivity index (χ1v) is 23.8. The van der Waals surface area contributed by atoms with Gasteiger partial charge >= 0.3 is 5.97 Å². The molecule has 9 amide bonds. The molecule has 384 valence electrons. The van der Waals surface area contributed by atoms with Gasteiger partial charge in [-0.2, -0.15) is 0 Å². The highest BCUT2D eigenvalue weighted by Gasteiger charge is 2.36. The fraction of sp³-hybridized carbons (Fsp3) is 0.787. The number of hydrogen-bond donors (Lipinski definition) is 9. The Balaban J connectivity index is 5.37. The Morgan fingerprint density at radius 2 is 0.896 bits per heavy atom. The van der Waals surface area contributed by atoms with Crippen LogP contribution >= 0.6 is 0 Å². The number of rotatable bonds is 32. The molecule has 0 spiro atoms. The molecule has 0 aromatic carbocycles. The Hall–Kier alpha value is -5.30. The number of carbonyl (C=O) groups excluding carboxylic acids is 10. The van der Waals surface area contributed by atoms with Crippen LogP contribution in [0.1, 0.15) is 154 Å². The maximum Gasteiger partial charge on any atom is 0.328 e. The third kappa shape index (κ3) is 25.4. The summed E-state index contributed by atoms with van der Waals surface area (Å²) in [5.74, 6) is -6.53. The Bertz CT molecular complexity index is 1670. The van der Waals surface area contributed by atoms with Gasteiger partial charge in [-0.3, -0.25) is 43.2 Å². The van der Waals surface area contributed by atoms with E-state index in [0.717, 1.165) is 25.7 Å². The molecule has 0 unspecified atom stereocenters. The first-order valence-electron chi connectivity index (χ1n) is 23.8. The van der Waals surface area contributed by atoms with E-state index >= 15 is 0 Å². The topological polar surface area (TPSA) is 288 Å². The molecule has 0 radical (unpaired) electrons. The molecule has 0 aromatic heterocycles. The Morgan fingerprint density at radius 3 is 1.34 bits per heavy atom. The summed E-state index contributed by atoms with van der Waals surface area (Å²) < 4.78 is 4.84. The van der Waals surface area contributed by atoms with Crippen molar-refractivity contribution in [3.05, 3.63) is 0 Å². The van der Waals surface area contributed by atoms with Crippen LogP contribution in [-0.2, 0) is 52.7 Å². The van der Waals surface area contributed by atoms with Crippen LogP contribution in [0, 0.1) is 23.7 Å². The average Bonchev–Trinajstić information content (AvgIpc) is 3.23. The van der Waals surface area contributed by atoms with Crippen molar-refractivity contribution in [1.82, 2.24) is 47.9 Å². The molecule has 0 aromatic rings. The highest BCUT2D eigenvalue weighted by molar-refractivity contribution is 5.98. The molecule has 9 N–H and O–H groups in total. The van der Waals surface area contributed by atoms with Gasteiger partial charge in [-0.25, -0.2) is 4.79 Å². The first-order chi connectivity index (χ1) is 31.1. The molecule has 0 bridgehead atoms.